The lowest BCUT2D eigenvalue weighted by molar-refractivity contribution is 0.240. The maximum atomic E-state index is 13.0. The van der Waals surface area contributed by atoms with Crippen molar-refractivity contribution < 1.29 is 0 Å². The van der Waals surface area contributed by atoms with Crippen molar-refractivity contribution >= 4 is 12.4 Å². The Morgan fingerprint density at radius 2 is 1.44 bits per heavy atom. The van der Waals surface area contributed by atoms with Gasteiger partial charge < -0.3 is 4.98 Å². The second-order valence-corrected chi connectivity index (χ2v) is 6.71. The van der Waals surface area contributed by atoms with E-state index in [4.69, 9.17) is 0 Å². The Balaban J connectivity index is 0.00000210. The average molecular weight is 384 g/mol. The molecule has 0 fully saturated rings. The van der Waals surface area contributed by atoms with Crippen LogP contribution in [0.2, 0.25) is 0 Å². The van der Waals surface area contributed by atoms with E-state index in [1.807, 2.05) is 48.5 Å². The maximum absolute atomic E-state index is 13.0. The number of aromatic amines is 1. The number of benzene rings is 2. The number of fused-ring (bicyclic) bond motifs is 1. The maximum Gasteiger partial charge on any atom is 0.328 e. The normalized spacial score (nSPS) is 13.6. The van der Waals surface area contributed by atoms with Crippen molar-refractivity contribution in [1.29, 1.82) is 0 Å². The predicted octanol–water partition coefficient (Wildman–Crippen LogP) is 2.57. The molecule has 27 heavy (non-hydrogen) atoms. The van der Waals surface area contributed by atoms with E-state index in [9.17, 15) is 9.59 Å². The zero-order valence-electron chi connectivity index (χ0n) is 14.9. The predicted molar refractivity (Wildman–Crippen MR) is 108 cm³/mol. The summed E-state index contributed by atoms with van der Waals surface area (Å²) in [6, 6.07) is 19.8. The number of hydrogen-bond acceptors (Lipinski definition) is 3. The van der Waals surface area contributed by atoms with Gasteiger partial charge in [0.25, 0.3) is 5.56 Å². The zero-order valence-corrected chi connectivity index (χ0v) is 15.7. The summed E-state index contributed by atoms with van der Waals surface area (Å²) in [5, 5.41) is 0. The monoisotopic (exact) mass is 383 g/mol. The molecule has 6 heteroatoms. The van der Waals surface area contributed by atoms with Crippen LogP contribution in [0.15, 0.2) is 70.3 Å². The molecule has 1 aliphatic heterocycles. The summed E-state index contributed by atoms with van der Waals surface area (Å²) in [5.74, 6) is 0. The largest absolute Gasteiger partial charge is 0.328 e. The SMILES string of the molecule is Cl.O=c1[nH]c2c(c(=O)n1Cc1ccccc1)CN(Cc1ccccc1)CC2. The number of rotatable bonds is 4. The first kappa shape index (κ1) is 19.1. The smallest absolute Gasteiger partial charge is 0.311 e. The standard InChI is InChI=1S/C21H21N3O2.ClH/c25-20-18-15-23(13-16-7-3-1-4-8-16)12-11-19(18)22-21(26)24(20)14-17-9-5-2-6-10-17;/h1-10H,11-15H2,(H,22,26);1H. The lowest BCUT2D eigenvalue weighted by atomic mass is 10.1. The lowest BCUT2D eigenvalue weighted by Crippen LogP contribution is -2.43. The number of hydrogen-bond donors (Lipinski definition) is 1. The van der Waals surface area contributed by atoms with Gasteiger partial charge in [0.1, 0.15) is 0 Å². The van der Waals surface area contributed by atoms with E-state index < -0.39 is 0 Å². The van der Waals surface area contributed by atoms with Crippen LogP contribution in [0, 0.1) is 0 Å². The Morgan fingerprint density at radius 3 is 2.07 bits per heavy atom. The summed E-state index contributed by atoms with van der Waals surface area (Å²) < 4.78 is 1.31. The van der Waals surface area contributed by atoms with Crippen LogP contribution in [0.1, 0.15) is 22.4 Å². The van der Waals surface area contributed by atoms with Crippen LogP contribution >= 0.6 is 12.4 Å². The molecule has 0 unspecified atom stereocenters. The van der Waals surface area contributed by atoms with Gasteiger partial charge in [0.05, 0.1) is 12.1 Å². The molecule has 5 nitrogen and oxygen atoms in total. The van der Waals surface area contributed by atoms with Crippen molar-refractivity contribution in [3.05, 3.63) is 104 Å². The van der Waals surface area contributed by atoms with E-state index in [2.05, 4.69) is 22.0 Å². The molecule has 2 aromatic carbocycles. The molecule has 2 heterocycles. The van der Waals surface area contributed by atoms with E-state index in [0.717, 1.165) is 24.3 Å². The van der Waals surface area contributed by atoms with Gasteiger partial charge >= 0.3 is 5.69 Å². The first-order valence-corrected chi connectivity index (χ1v) is 8.86. The topological polar surface area (TPSA) is 58.1 Å². The lowest BCUT2D eigenvalue weighted by Gasteiger charge is -2.28. The molecule has 0 amide bonds. The van der Waals surface area contributed by atoms with Crippen LogP contribution < -0.4 is 11.2 Å². The number of H-pyrrole nitrogens is 1. The molecule has 4 rings (SSSR count). The Kier molecular flexibility index (Phi) is 5.94. The van der Waals surface area contributed by atoms with Gasteiger partial charge in [0, 0.05) is 31.7 Å². The van der Waals surface area contributed by atoms with E-state index in [0.29, 0.717) is 25.1 Å². The summed E-state index contributed by atoms with van der Waals surface area (Å²) in [6.07, 6.45) is 0.693. The zero-order chi connectivity index (χ0) is 17.9. The second-order valence-electron chi connectivity index (χ2n) is 6.71. The second kappa shape index (κ2) is 8.37. The fraction of sp³-hybridized carbons (Fsp3) is 0.238. The minimum Gasteiger partial charge on any atom is -0.311 e. The number of halogens is 1. The number of nitrogens with zero attached hydrogens (tertiary/aromatic N) is 2. The van der Waals surface area contributed by atoms with Gasteiger partial charge in [-0.1, -0.05) is 60.7 Å². The fourth-order valence-electron chi connectivity index (χ4n) is 3.49. The highest BCUT2D eigenvalue weighted by Gasteiger charge is 2.22. The molecule has 1 N–H and O–H groups in total. The summed E-state index contributed by atoms with van der Waals surface area (Å²) in [4.78, 5) is 30.5. The Morgan fingerprint density at radius 1 is 0.852 bits per heavy atom. The van der Waals surface area contributed by atoms with Gasteiger partial charge in [-0.3, -0.25) is 14.3 Å². The summed E-state index contributed by atoms with van der Waals surface area (Å²) >= 11 is 0. The molecule has 0 aliphatic carbocycles. The first-order chi connectivity index (χ1) is 12.7. The van der Waals surface area contributed by atoms with Gasteiger partial charge in [-0.15, -0.1) is 12.4 Å². The summed E-state index contributed by atoms with van der Waals surface area (Å²) in [6.45, 7) is 2.49. The molecule has 1 aliphatic rings. The van der Waals surface area contributed by atoms with Crippen molar-refractivity contribution in [1.82, 2.24) is 14.5 Å². The third-order valence-corrected chi connectivity index (χ3v) is 4.86. The van der Waals surface area contributed by atoms with Crippen LogP contribution in [0.3, 0.4) is 0 Å². The van der Waals surface area contributed by atoms with Crippen LogP contribution in [0.25, 0.3) is 0 Å². The van der Waals surface area contributed by atoms with Crippen LogP contribution in [-0.2, 0) is 26.1 Å². The van der Waals surface area contributed by atoms with Gasteiger partial charge in [-0.2, -0.15) is 0 Å². The minimum absolute atomic E-state index is 0. The fourth-order valence-corrected chi connectivity index (χ4v) is 3.49. The Hall–Kier alpha value is -2.63. The average Bonchev–Trinajstić information content (AvgIpc) is 2.67. The van der Waals surface area contributed by atoms with Crippen LogP contribution in [0.5, 0.6) is 0 Å². The molecule has 1 aromatic heterocycles. The summed E-state index contributed by atoms with van der Waals surface area (Å²) in [7, 11) is 0. The van der Waals surface area contributed by atoms with Crippen molar-refractivity contribution in [3.63, 3.8) is 0 Å². The van der Waals surface area contributed by atoms with Gasteiger partial charge in [-0.05, 0) is 11.1 Å². The minimum atomic E-state index is -0.325. The number of nitrogens with one attached hydrogen (secondary N) is 1. The van der Waals surface area contributed by atoms with E-state index in [1.54, 1.807) is 0 Å². The quantitative estimate of drug-likeness (QED) is 0.753. The molecule has 0 spiro atoms. The van der Waals surface area contributed by atoms with Crippen molar-refractivity contribution in [2.24, 2.45) is 0 Å². The molecular weight excluding hydrogens is 362 g/mol. The van der Waals surface area contributed by atoms with E-state index in [-0.39, 0.29) is 23.7 Å². The summed E-state index contributed by atoms with van der Waals surface area (Å²) in [5.41, 5.74) is 3.16. The highest BCUT2D eigenvalue weighted by atomic mass is 35.5. The van der Waals surface area contributed by atoms with Gasteiger partial charge in [0.15, 0.2) is 0 Å². The Labute approximate surface area is 163 Å². The van der Waals surface area contributed by atoms with E-state index in [1.165, 1.54) is 10.1 Å². The molecule has 140 valence electrons. The van der Waals surface area contributed by atoms with E-state index >= 15 is 0 Å². The molecule has 0 radical (unpaired) electrons. The van der Waals surface area contributed by atoms with Gasteiger partial charge in [-0.25, -0.2) is 4.79 Å². The Bertz CT molecular complexity index is 1010. The highest BCUT2D eigenvalue weighted by molar-refractivity contribution is 5.85. The van der Waals surface area contributed by atoms with Gasteiger partial charge in [0.2, 0.25) is 0 Å². The molecule has 3 aromatic rings. The van der Waals surface area contributed by atoms with Crippen molar-refractivity contribution in [2.75, 3.05) is 6.54 Å². The highest BCUT2D eigenvalue weighted by Crippen LogP contribution is 2.15. The molecule has 0 saturated carbocycles. The molecule has 0 bridgehead atoms. The number of aromatic nitrogens is 2. The molecule has 0 atom stereocenters. The van der Waals surface area contributed by atoms with Crippen LogP contribution in [0.4, 0.5) is 0 Å². The third kappa shape index (κ3) is 4.21. The van der Waals surface area contributed by atoms with Crippen molar-refractivity contribution in [2.45, 2.75) is 26.1 Å². The molecule has 0 saturated heterocycles. The van der Waals surface area contributed by atoms with Crippen LogP contribution in [-0.4, -0.2) is 21.0 Å². The third-order valence-electron chi connectivity index (χ3n) is 4.86. The first-order valence-electron chi connectivity index (χ1n) is 8.86. The molecular formula is C21H22ClN3O2. The van der Waals surface area contributed by atoms with Crippen molar-refractivity contribution in [3.8, 4) is 0 Å².